The van der Waals surface area contributed by atoms with Gasteiger partial charge in [-0.05, 0) is 37.1 Å². The number of nitrogens with zero attached hydrogens (tertiary/aromatic N) is 2. The maximum absolute atomic E-state index is 12.1. The molecule has 0 spiro atoms. The zero-order valence-corrected chi connectivity index (χ0v) is 12.1. The van der Waals surface area contributed by atoms with Gasteiger partial charge in [0, 0.05) is 23.6 Å². The molecule has 2 aromatic rings. The Balaban J connectivity index is 1.67. The summed E-state index contributed by atoms with van der Waals surface area (Å²) in [6.45, 7) is 1.97. The molecule has 0 aliphatic heterocycles. The largest absolute Gasteiger partial charge is 0.421 e. The van der Waals surface area contributed by atoms with E-state index in [1.807, 2.05) is 31.2 Å². The lowest BCUT2D eigenvalue weighted by Crippen LogP contribution is -2.20. The summed E-state index contributed by atoms with van der Waals surface area (Å²) in [7, 11) is 0. The molecule has 1 amide bonds. The quantitative estimate of drug-likeness (QED) is 0.934. The Kier molecular flexibility index (Phi) is 3.99. The van der Waals surface area contributed by atoms with Crippen molar-refractivity contribution in [2.45, 2.75) is 39.0 Å². The Labute approximate surface area is 123 Å². The number of anilines is 1. The fourth-order valence-electron chi connectivity index (χ4n) is 2.64. The summed E-state index contributed by atoms with van der Waals surface area (Å²) >= 11 is 0. The molecule has 1 aromatic heterocycles. The lowest BCUT2D eigenvalue weighted by molar-refractivity contribution is -0.119. The predicted octanol–water partition coefficient (Wildman–Crippen LogP) is 3.43. The van der Waals surface area contributed by atoms with Crippen LogP contribution >= 0.6 is 0 Å². The van der Waals surface area contributed by atoms with Crippen LogP contribution in [-0.2, 0) is 11.2 Å². The SMILES string of the molecule is CCc1nnc(-c2ccc(NC(=O)C3CCCC3)cc2)o1. The van der Waals surface area contributed by atoms with E-state index in [-0.39, 0.29) is 11.8 Å². The normalized spacial score (nSPS) is 15.3. The molecule has 1 N–H and O–H groups in total. The van der Waals surface area contributed by atoms with Crippen LogP contribution in [0.1, 0.15) is 38.5 Å². The van der Waals surface area contributed by atoms with Gasteiger partial charge in [0.15, 0.2) is 0 Å². The van der Waals surface area contributed by atoms with Gasteiger partial charge >= 0.3 is 0 Å². The van der Waals surface area contributed by atoms with E-state index in [0.29, 0.717) is 11.8 Å². The fraction of sp³-hybridized carbons (Fsp3) is 0.438. The van der Waals surface area contributed by atoms with E-state index in [4.69, 9.17) is 4.42 Å². The van der Waals surface area contributed by atoms with Crippen molar-refractivity contribution in [1.29, 1.82) is 0 Å². The predicted molar refractivity (Wildman–Crippen MR) is 79.7 cm³/mol. The number of nitrogens with one attached hydrogen (secondary N) is 1. The lowest BCUT2D eigenvalue weighted by atomic mass is 10.1. The van der Waals surface area contributed by atoms with Crippen LogP contribution in [0.2, 0.25) is 0 Å². The van der Waals surface area contributed by atoms with Crippen LogP contribution in [-0.4, -0.2) is 16.1 Å². The molecule has 1 aromatic carbocycles. The number of hydrogen-bond donors (Lipinski definition) is 1. The summed E-state index contributed by atoms with van der Waals surface area (Å²) in [6, 6.07) is 7.52. The first-order valence-corrected chi connectivity index (χ1v) is 7.50. The minimum Gasteiger partial charge on any atom is -0.421 e. The molecule has 1 heterocycles. The van der Waals surface area contributed by atoms with Crippen molar-refractivity contribution in [1.82, 2.24) is 10.2 Å². The summed E-state index contributed by atoms with van der Waals surface area (Å²) in [4.78, 5) is 12.1. The summed E-state index contributed by atoms with van der Waals surface area (Å²) in [6.07, 6.45) is 5.06. The van der Waals surface area contributed by atoms with Crippen molar-refractivity contribution in [3.05, 3.63) is 30.2 Å². The van der Waals surface area contributed by atoms with Crippen LogP contribution < -0.4 is 5.32 Å². The van der Waals surface area contributed by atoms with Crippen LogP contribution in [0.15, 0.2) is 28.7 Å². The van der Waals surface area contributed by atoms with Gasteiger partial charge in [-0.15, -0.1) is 10.2 Å². The first-order chi connectivity index (χ1) is 10.3. The molecule has 0 bridgehead atoms. The molecule has 1 aliphatic rings. The molecular formula is C16H19N3O2. The fourth-order valence-corrected chi connectivity index (χ4v) is 2.64. The zero-order valence-electron chi connectivity index (χ0n) is 12.1. The minimum atomic E-state index is 0.131. The smallest absolute Gasteiger partial charge is 0.247 e. The van der Waals surface area contributed by atoms with Crippen molar-refractivity contribution >= 4 is 11.6 Å². The highest BCUT2D eigenvalue weighted by molar-refractivity contribution is 5.92. The van der Waals surface area contributed by atoms with Gasteiger partial charge in [0.1, 0.15) is 0 Å². The number of carbonyl (C=O) groups excluding carboxylic acids is 1. The second-order valence-corrected chi connectivity index (χ2v) is 5.40. The van der Waals surface area contributed by atoms with Gasteiger partial charge in [-0.3, -0.25) is 4.79 Å². The van der Waals surface area contributed by atoms with E-state index in [1.165, 1.54) is 0 Å². The molecule has 1 aliphatic carbocycles. The monoisotopic (exact) mass is 285 g/mol. The topological polar surface area (TPSA) is 68.0 Å². The third-order valence-corrected chi connectivity index (χ3v) is 3.89. The van der Waals surface area contributed by atoms with E-state index in [2.05, 4.69) is 15.5 Å². The van der Waals surface area contributed by atoms with Gasteiger partial charge in [0.2, 0.25) is 17.7 Å². The second-order valence-electron chi connectivity index (χ2n) is 5.40. The summed E-state index contributed by atoms with van der Waals surface area (Å²) in [5, 5.41) is 10.9. The Morgan fingerprint density at radius 2 is 1.95 bits per heavy atom. The average Bonchev–Trinajstić information content (AvgIpc) is 3.19. The van der Waals surface area contributed by atoms with Crippen molar-refractivity contribution in [3.8, 4) is 11.5 Å². The highest BCUT2D eigenvalue weighted by atomic mass is 16.4. The Morgan fingerprint density at radius 1 is 1.24 bits per heavy atom. The van der Waals surface area contributed by atoms with E-state index in [1.54, 1.807) is 0 Å². The van der Waals surface area contributed by atoms with Crippen LogP contribution in [0, 0.1) is 5.92 Å². The third-order valence-electron chi connectivity index (χ3n) is 3.89. The molecule has 1 fully saturated rings. The molecule has 0 unspecified atom stereocenters. The first-order valence-electron chi connectivity index (χ1n) is 7.50. The Bertz CT molecular complexity index is 613. The van der Waals surface area contributed by atoms with E-state index in [9.17, 15) is 4.79 Å². The number of hydrogen-bond acceptors (Lipinski definition) is 4. The standard InChI is InChI=1S/C16H19N3O2/c1-2-14-18-19-16(21-14)12-7-9-13(10-8-12)17-15(20)11-5-3-4-6-11/h7-11H,2-6H2,1H3,(H,17,20). The van der Waals surface area contributed by atoms with Crippen molar-refractivity contribution in [2.24, 2.45) is 5.92 Å². The molecule has 21 heavy (non-hydrogen) atoms. The maximum Gasteiger partial charge on any atom is 0.247 e. The van der Waals surface area contributed by atoms with Crippen molar-refractivity contribution < 1.29 is 9.21 Å². The van der Waals surface area contributed by atoms with Gasteiger partial charge in [-0.1, -0.05) is 19.8 Å². The minimum absolute atomic E-state index is 0.131. The summed E-state index contributed by atoms with van der Waals surface area (Å²) in [5.41, 5.74) is 1.67. The van der Waals surface area contributed by atoms with Gasteiger partial charge in [-0.2, -0.15) is 0 Å². The molecule has 1 saturated carbocycles. The maximum atomic E-state index is 12.1. The molecule has 5 heteroatoms. The van der Waals surface area contributed by atoms with E-state index < -0.39 is 0 Å². The Morgan fingerprint density at radius 3 is 2.57 bits per heavy atom. The first kappa shape index (κ1) is 13.8. The van der Waals surface area contributed by atoms with Crippen LogP contribution in [0.5, 0.6) is 0 Å². The number of aromatic nitrogens is 2. The number of aryl methyl sites for hydroxylation is 1. The van der Waals surface area contributed by atoms with E-state index in [0.717, 1.165) is 43.4 Å². The zero-order chi connectivity index (χ0) is 14.7. The van der Waals surface area contributed by atoms with Gasteiger partial charge in [0.25, 0.3) is 0 Å². The van der Waals surface area contributed by atoms with Gasteiger partial charge in [-0.25, -0.2) is 0 Å². The molecule has 0 saturated heterocycles. The molecule has 0 atom stereocenters. The van der Waals surface area contributed by atoms with Crippen molar-refractivity contribution in [3.63, 3.8) is 0 Å². The number of amides is 1. The summed E-state index contributed by atoms with van der Waals surface area (Å²) < 4.78 is 5.51. The molecule has 110 valence electrons. The molecule has 5 nitrogen and oxygen atoms in total. The molecular weight excluding hydrogens is 266 g/mol. The second kappa shape index (κ2) is 6.08. The lowest BCUT2D eigenvalue weighted by Gasteiger charge is -2.10. The van der Waals surface area contributed by atoms with Crippen molar-refractivity contribution in [2.75, 3.05) is 5.32 Å². The van der Waals surface area contributed by atoms with E-state index >= 15 is 0 Å². The number of rotatable bonds is 4. The van der Waals surface area contributed by atoms with Gasteiger partial charge in [0.05, 0.1) is 0 Å². The summed E-state index contributed by atoms with van der Waals surface area (Å²) in [5.74, 6) is 1.45. The van der Waals surface area contributed by atoms with Crippen LogP contribution in [0.4, 0.5) is 5.69 Å². The van der Waals surface area contributed by atoms with Gasteiger partial charge < -0.3 is 9.73 Å². The molecule has 0 radical (unpaired) electrons. The number of benzene rings is 1. The highest BCUT2D eigenvalue weighted by Gasteiger charge is 2.22. The van der Waals surface area contributed by atoms with Crippen LogP contribution in [0.3, 0.4) is 0 Å². The number of carbonyl (C=O) groups is 1. The average molecular weight is 285 g/mol. The third kappa shape index (κ3) is 3.12. The highest BCUT2D eigenvalue weighted by Crippen LogP contribution is 2.26. The van der Waals surface area contributed by atoms with Crippen LogP contribution in [0.25, 0.3) is 11.5 Å². The Hall–Kier alpha value is -2.17. The molecule has 3 rings (SSSR count).